The molecule has 0 aliphatic rings. The highest BCUT2D eigenvalue weighted by atomic mass is 16.6. The SMILES string of the molecule is CCCC/C=C\C=C/CCCCCC(=O)OCC(COC(=O)CCCCCCCCC/C=C\CCCCCCCCCC)OC(=O)CCCCCCCCC/C=C\CCCCCCCC. The van der Waals surface area contributed by atoms with Crippen LogP contribution in [0.5, 0.6) is 0 Å². The van der Waals surface area contributed by atoms with Crippen molar-refractivity contribution in [1.82, 2.24) is 0 Å². The predicted molar refractivity (Wildman–Crippen MR) is 279 cm³/mol. The van der Waals surface area contributed by atoms with E-state index in [4.69, 9.17) is 14.2 Å². The lowest BCUT2D eigenvalue weighted by molar-refractivity contribution is -0.167. The molecule has 0 amide bonds. The summed E-state index contributed by atoms with van der Waals surface area (Å²) in [5.41, 5.74) is 0. The number of ether oxygens (including phenoxy) is 3. The molecule has 0 N–H and O–H groups in total. The third-order valence-electron chi connectivity index (χ3n) is 12.3. The molecule has 0 aromatic rings. The number of unbranched alkanes of at least 4 members (excludes halogenated alkanes) is 33. The number of carbonyl (C=O) groups excluding carboxylic acids is 3. The highest BCUT2D eigenvalue weighted by Gasteiger charge is 2.19. The third-order valence-corrected chi connectivity index (χ3v) is 12.3. The standard InChI is InChI=1S/C59H106O6/c1-4-7-10-13-16-19-22-24-26-28-29-31-32-34-37-40-43-46-49-52-58(61)64-55-56(54-63-57(60)51-48-45-42-39-36-21-18-15-12-9-6-3)65-59(62)53-50-47-44-41-38-35-33-30-27-25-23-20-17-14-11-8-5-2/h15,18,21,25,27-29,36,56H,4-14,16-17,19-20,22-24,26,30-35,37-55H2,1-3H3/b18-15-,27-25-,29-28-,36-21-. The Bertz CT molecular complexity index is 1140. The summed E-state index contributed by atoms with van der Waals surface area (Å²) in [5, 5.41) is 0. The zero-order valence-electron chi connectivity index (χ0n) is 43.3. The topological polar surface area (TPSA) is 78.9 Å². The molecule has 0 rings (SSSR count). The molecule has 0 radical (unpaired) electrons. The average molecular weight is 911 g/mol. The van der Waals surface area contributed by atoms with E-state index in [0.29, 0.717) is 19.3 Å². The number of carbonyl (C=O) groups is 3. The Morgan fingerprint density at radius 2 is 0.569 bits per heavy atom. The minimum atomic E-state index is -0.786. The van der Waals surface area contributed by atoms with Gasteiger partial charge in [-0.1, -0.05) is 230 Å². The fraction of sp³-hybridized carbons (Fsp3) is 0.814. The summed E-state index contributed by atoms with van der Waals surface area (Å²) in [6, 6.07) is 0. The van der Waals surface area contributed by atoms with E-state index < -0.39 is 6.10 Å². The highest BCUT2D eigenvalue weighted by molar-refractivity contribution is 5.71. The molecule has 0 aliphatic heterocycles. The lowest BCUT2D eigenvalue weighted by Gasteiger charge is -2.18. The third kappa shape index (κ3) is 52.2. The monoisotopic (exact) mass is 911 g/mol. The van der Waals surface area contributed by atoms with E-state index in [1.807, 2.05) is 0 Å². The van der Waals surface area contributed by atoms with Crippen molar-refractivity contribution in [1.29, 1.82) is 0 Å². The zero-order valence-corrected chi connectivity index (χ0v) is 43.3. The molecule has 0 aromatic carbocycles. The average Bonchev–Trinajstić information content (AvgIpc) is 3.30. The lowest BCUT2D eigenvalue weighted by atomic mass is 10.1. The number of allylic oxidation sites excluding steroid dienone is 8. The van der Waals surface area contributed by atoms with Gasteiger partial charge in [0.25, 0.3) is 0 Å². The van der Waals surface area contributed by atoms with Crippen LogP contribution in [-0.4, -0.2) is 37.2 Å². The van der Waals surface area contributed by atoms with Crippen LogP contribution in [0.1, 0.15) is 290 Å². The van der Waals surface area contributed by atoms with E-state index in [9.17, 15) is 14.4 Å². The molecular formula is C59H106O6. The number of esters is 3. The van der Waals surface area contributed by atoms with Gasteiger partial charge in [0.15, 0.2) is 6.10 Å². The summed E-state index contributed by atoms with van der Waals surface area (Å²) in [6.45, 7) is 6.58. The van der Waals surface area contributed by atoms with Gasteiger partial charge in [-0.2, -0.15) is 0 Å². The van der Waals surface area contributed by atoms with Crippen molar-refractivity contribution >= 4 is 17.9 Å². The van der Waals surface area contributed by atoms with Gasteiger partial charge in [0.2, 0.25) is 0 Å². The fourth-order valence-electron chi connectivity index (χ4n) is 8.00. The van der Waals surface area contributed by atoms with Gasteiger partial charge in [0, 0.05) is 19.3 Å². The van der Waals surface area contributed by atoms with Gasteiger partial charge in [0.05, 0.1) is 0 Å². The van der Waals surface area contributed by atoms with Crippen LogP contribution in [0.15, 0.2) is 48.6 Å². The van der Waals surface area contributed by atoms with Gasteiger partial charge in [-0.25, -0.2) is 0 Å². The molecule has 378 valence electrons. The summed E-state index contributed by atoms with van der Waals surface area (Å²) in [4.78, 5) is 38.0. The lowest BCUT2D eigenvalue weighted by Crippen LogP contribution is -2.30. The number of rotatable bonds is 51. The van der Waals surface area contributed by atoms with Gasteiger partial charge in [0.1, 0.15) is 13.2 Å². The van der Waals surface area contributed by atoms with E-state index in [-0.39, 0.29) is 31.1 Å². The molecule has 1 unspecified atom stereocenters. The Labute approximate surface area is 403 Å². The van der Waals surface area contributed by atoms with Gasteiger partial charge in [-0.05, 0) is 89.9 Å². The largest absolute Gasteiger partial charge is 0.462 e. The maximum absolute atomic E-state index is 12.8. The molecule has 0 fully saturated rings. The summed E-state index contributed by atoms with van der Waals surface area (Å²) in [6.07, 6.45) is 65.3. The molecule has 0 aliphatic carbocycles. The fourth-order valence-corrected chi connectivity index (χ4v) is 8.00. The minimum Gasteiger partial charge on any atom is -0.462 e. The molecule has 0 heterocycles. The zero-order chi connectivity index (χ0) is 47.2. The quantitative estimate of drug-likeness (QED) is 0.0199. The van der Waals surface area contributed by atoms with Gasteiger partial charge >= 0.3 is 17.9 Å². The van der Waals surface area contributed by atoms with Crippen molar-refractivity contribution in [3.63, 3.8) is 0 Å². The van der Waals surface area contributed by atoms with Crippen molar-refractivity contribution in [2.75, 3.05) is 13.2 Å². The highest BCUT2D eigenvalue weighted by Crippen LogP contribution is 2.15. The van der Waals surface area contributed by atoms with Crippen molar-refractivity contribution in [3.05, 3.63) is 48.6 Å². The maximum atomic E-state index is 12.8. The Morgan fingerprint density at radius 1 is 0.308 bits per heavy atom. The van der Waals surface area contributed by atoms with Crippen LogP contribution in [0.25, 0.3) is 0 Å². The first-order valence-corrected chi connectivity index (χ1v) is 28.2. The second-order valence-corrected chi connectivity index (χ2v) is 18.9. The maximum Gasteiger partial charge on any atom is 0.306 e. The van der Waals surface area contributed by atoms with Crippen LogP contribution in [-0.2, 0) is 28.6 Å². The molecule has 0 saturated heterocycles. The summed E-state index contributed by atoms with van der Waals surface area (Å²) in [5.74, 6) is -0.912. The molecule has 65 heavy (non-hydrogen) atoms. The van der Waals surface area contributed by atoms with E-state index >= 15 is 0 Å². The molecule has 0 saturated carbocycles. The van der Waals surface area contributed by atoms with Crippen molar-refractivity contribution < 1.29 is 28.6 Å². The van der Waals surface area contributed by atoms with Crippen molar-refractivity contribution in [3.8, 4) is 0 Å². The van der Waals surface area contributed by atoms with Crippen LogP contribution in [0.3, 0.4) is 0 Å². The summed E-state index contributed by atoms with van der Waals surface area (Å²) >= 11 is 0. The van der Waals surface area contributed by atoms with Gasteiger partial charge < -0.3 is 14.2 Å². The van der Waals surface area contributed by atoms with Crippen LogP contribution in [0.2, 0.25) is 0 Å². The Hall–Kier alpha value is -2.63. The van der Waals surface area contributed by atoms with Crippen LogP contribution >= 0.6 is 0 Å². The number of hydrogen-bond acceptors (Lipinski definition) is 6. The summed E-state index contributed by atoms with van der Waals surface area (Å²) < 4.78 is 16.8. The molecule has 6 nitrogen and oxygen atoms in total. The second kappa shape index (κ2) is 54.0. The molecule has 6 heteroatoms. The van der Waals surface area contributed by atoms with Crippen LogP contribution < -0.4 is 0 Å². The molecule has 1 atom stereocenters. The van der Waals surface area contributed by atoms with Gasteiger partial charge in [-0.3, -0.25) is 14.4 Å². The second-order valence-electron chi connectivity index (χ2n) is 18.9. The van der Waals surface area contributed by atoms with E-state index in [1.54, 1.807) is 0 Å². The smallest absolute Gasteiger partial charge is 0.306 e. The van der Waals surface area contributed by atoms with Crippen molar-refractivity contribution in [2.45, 2.75) is 297 Å². The van der Waals surface area contributed by atoms with E-state index in [1.165, 1.54) is 180 Å². The van der Waals surface area contributed by atoms with Crippen molar-refractivity contribution in [2.24, 2.45) is 0 Å². The normalized spacial score (nSPS) is 12.4. The van der Waals surface area contributed by atoms with Gasteiger partial charge in [-0.15, -0.1) is 0 Å². The Kier molecular flexibility index (Phi) is 51.8. The van der Waals surface area contributed by atoms with E-state index in [2.05, 4.69) is 69.4 Å². The van der Waals surface area contributed by atoms with Crippen LogP contribution in [0.4, 0.5) is 0 Å². The molecule has 0 bridgehead atoms. The molecule has 0 spiro atoms. The Balaban J connectivity index is 4.34. The first-order valence-electron chi connectivity index (χ1n) is 28.2. The minimum absolute atomic E-state index is 0.0844. The predicted octanol–water partition coefficient (Wildman–Crippen LogP) is 18.7. The Morgan fingerprint density at radius 3 is 0.923 bits per heavy atom. The van der Waals surface area contributed by atoms with Crippen LogP contribution in [0, 0.1) is 0 Å². The van der Waals surface area contributed by atoms with E-state index in [0.717, 1.165) is 70.6 Å². The molecule has 0 aromatic heterocycles. The summed E-state index contributed by atoms with van der Waals surface area (Å²) in [7, 11) is 0. The first-order chi connectivity index (χ1) is 32.0. The molecular weight excluding hydrogens is 805 g/mol. The first kappa shape index (κ1) is 62.4. The number of hydrogen-bond donors (Lipinski definition) is 0.